The zero-order chi connectivity index (χ0) is 19.0. The van der Waals surface area contributed by atoms with Crippen molar-refractivity contribution in [3.8, 4) is 0 Å². The lowest BCUT2D eigenvalue weighted by Crippen LogP contribution is -2.43. The van der Waals surface area contributed by atoms with Gasteiger partial charge in [0.1, 0.15) is 10.8 Å². The summed E-state index contributed by atoms with van der Waals surface area (Å²) >= 11 is 0. The molecular weight excluding hydrogens is 348 g/mol. The Morgan fingerprint density at radius 2 is 0.880 bits per heavy atom. The SMILES string of the molecule is CCCC(OCC)(OCC)[SiH2]CCC[SiH2]C(CCC)(OCC)OCC. The third kappa shape index (κ3) is 10.3. The molecule has 0 aromatic heterocycles. The molecule has 0 heterocycles. The van der Waals surface area contributed by atoms with Gasteiger partial charge in [0.2, 0.25) is 0 Å². The van der Waals surface area contributed by atoms with Gasteiger partial charge in [-0.2, -0.15) is 0 Å². The third-order valence-corrected chi connectivity index (χ3v) is 9.26. The lowest BCUT2D eigenvalue weighted by Gasteiger charge is -2.34. The summed E-state index contributed by atoms with van der Waals surface area (Å²) in [6.45, 7) is 15.7. The van der Waals surface area contributed by atoms with Crippen LogP contribution in [0.2, 0.25) is 12.1 Å². The predicted molar refractivity (Wildman–Crippen MR) is 113 cm³/mol. The topological polar surface area (TPSA) is 36.9 Å². The van der Waals surface area contributed by atoms with Crippen molar-refractivity contribution in [2.45, 2.75) is 96.6 Å². The number of hydrogen-bond acceptors (Lipinski definition) is 4. The molecule has 0 aliphatic rings. The van der Waals surface area contributed by atoms with Crippen molar-refractivity contribution in [1.29, 1.82) is 0 Å². The van der Waals surface area contributed by atoms with E-state index in [2.05, 4.69) is 41.5 Å². The maximum absolute atomic E-state index is 6.08. The molecular formula is C19H44O4Si2. The highest BCUT2D eigenvalue weighted by atomic mass is 28.2. The molecule has 0 saturated carbocycles. The van der Waals surface area contributed by atoms with Crippen molar-refractivity contribution in [3.05, 3.63) is 0 Å². The van der Waals surface area contributed by atoms with Gasteiger partial charge >= 0.3 is 0 Å². The molecule has 0 aromatic rings. The Labute approximate surface area is 161 Å². The summed E-state index contributed by atoms with van der Waals surface area (Å²) in [5, 5.41) is 0. The molecule has 25 heavy (non-hydrogen) atoms. The van der Waals surface area contributed by atoms with E-state index in [1.807, 2.05) is 0 Å². The Morgan fingerprint density at radius 3 is 1.12 bits per heavy atom. The van der Waals surface area contributed by atoms with Crippen LogP contribution in [0.4, 0.5) is 0 Å². The summed E-state index contributed by atoms with van der Waals surface area (Å²) < 4.78 is 24.3. The molecule has 0 saturated heterocycles. The quantitative estimate of drug-likeness (QED) is 0.203. The molecule has 0 amide bonds. The van der Waals surface area contributed by atoms with Crippen molar-refractivity contribution in [3.63, 3.8) is 0 Å². The highest BCUT2D eigenvalue weighted by Crippen LogP contribution is 2.24. The van der Waals surface area contributed by atoms with Crippen LogP contribution in [-0.4, -0.2) is 56.3 Å². The van der Waals surface area contributed by atoms with Gasteiger partial charge in [0.05, 0.1) is 19.0 Å². The zero-order valence-electron chi connectivity index (χ0n) is 17.8. The van der Waals surface area contributed by atoms with Gasteiger partial charge in [-0.1, -0.05) is 45.2 Å². The highest BCUT2D eigenvalue weighted by molar-refractivity contribution is 6.41. The molecule has 0 fully saturated rings. The molecule has 0 atom stereocenters. The van der Waals surface area contributed by atoms with E-state index in [4.69, 9.17) is 18.9 Å². The van der Waals surface area contributed by atoms with Crippen LogP contribution in [0, 0.1) is 0 Å². The van der Waals surface area contributed by atoms with E-state index in [-0.39, 0.29) is 10.8 Å². The van der Waals surface area contributed by atoms with Crippen LogP contribution >= 0.6 is 0 Å². The summed E-state index contributed by atoms with van der Waals surface area (Å²) in [6, 6.07) is 2.57. The van der Waals surface area contributed by atoms with Gasteiger partial charge in [-0.3, -0.25) is 0 Å². The summed E-state index contributed by atoms with van der Waals surface area (Å²) in [5.41, 5.74) is -0.472. The van der Waals surface area contributed by atoms with E-state index >= 15 is 0 Å². The normalized spacial score (nSPS) is 13.7. The van der Waals surface area contributed by atoms with Crippen LogP contribution in [0.25, 0.3) is 0 Å². The fourth-order valence-electron chi connectivity index (χ4n) is 3.69. The third-order valence-electron chi connectivity index (χ3n) is 4.51. The molecule has 0 spiro atoms. The first kappa shape index (κ1) is 25.3. The molecule has 0 rings (SSSR count). The lowest BCUT2D eigenvalue weighted by molar-refractivity contribution is -0.179. The van der Waals surface area contributed by atoms with E-state index in [1.54, 1.807) is 0 Å². The second kappa shape index (κ2) is 15.3. The first-order chi connectivity index (χ1) is 12.1. The first-order valence-corrected chi connectivity index (χ1v) is 14.0. The number of hydrogen-bond donors (Lipinski definition) is 0. The van der Waals surface area contributed by atoms with E-state index < -0.39 is 19.0 Å². The second-order valence-corrected chi connectivity index (χ2v) is 11.2. The van der Waals surface area contributed by atoms with E-state index in [0.717, 1.165) is 52.1 Å². The van der Waals surface area contributed by atoms with Gasteiger partial charge < -0.3 is 18.9 Å². The Bertz CT molecular complexity index is 241. The fraction of sp³-hybridized carbons (Fsp3) is 1.00. The molecule has 152 valence electrons. The minimum absolute atomic E-state index is 0.236. The zero-order valence-corrected chi connectivity index (χ0v) is 20.7. The Morgan fingerprint density at radius 1 is 0.560 bits per heavy atom. The highest BCUT2D eigenvalue weighted by Gasteiger charge is 2.32. The van der Waals surface area contributed by atoms with Crippen LogP contribution in [0.15, 0.2) is 0 Å². The average molecular weight is 393 g/mol. The van der Waals surface area contributed by atoms with Crippen molar-refractivity contribution in [2.24, 2.45) is 0 Å². The van der Waals surface area contributed by atoms with Crippen LogP contribution in [-0.2, 0) is 18.9 Å². The molecule has 0 N–H and O–H groups in total. The van der Waals surface area contributed by atoms with Crippen molar-refractivity contribution in [1.82, 2.24) is 0 Å². The Balaban J connectivity index is 4.49. The van der Waals surface area contributed by atoms with Gasteiger partial charge in [0.15, 0.2) is 0 Å². The van der Waals surface area contributed by atoms with E-state index in [9.17, 15) is 0 Å². The van der Waals surface area contributed by atoms with Crippen LogP contribution in [0.3, 0.4) is 0 Å². The number of rotatable bonds is 18. The second-order valence-electron chi connectivity index (χ2n) is 6.61. The molecule has 0 radical (unpaired) electrons. The average Bonchev–Trinajstić information content (AvgIpc) is 2.56. The van der Waals surface area contributed by atoms with E-state index in [1.165, 1.54) is 18.5 Å². The molecule has 0 aliphatic carbocycles. The first-order valence-electron chi connectivity index (χ1n) is 10.6. The smallest absolute Gasteiger partial charge is 0.144 e. The van der Waals surface area contributed by atoms with Crippen LogP contribution in [0.1, 0.15) is 73.6 Å². The summed E-state index contributed by atoms with van der Waals surface area (Å²) in [7, 11) is -0.834. The van der Waals surface area contributed by atoms with Crippen molar-refractivity contribution < 1.29 is 18.9 Å². The molecule has 0 unspecified atom stereocenters. The van der Waals surface area contributed by atoms with Gasteiger partial charge in [-0.25, -0.2) is 0 Å². The van der Waals surface area contributed by atoms with Gasteiger partial charge in [0.25, 0.3) is 0 Å². The minimum atomic E-state index is -0.417. The van der Waals surface area contributed by atoms with Gasteiger partial charge in [0, 0.05) is 26.4 Å². The Hall–Kier alpha value is 0.274. The lowest BCUT2D eigenvalue weighted by atomic mass is 10.3. The monoisotopic (exact) mass is 392 g/mol. The summed E-state index contributed by atoms with van der Waals surface area (Å²) in [4.78, 5) is 0. The van der Waals surface area contributed by atoms with Gasteiger partial charge in [-0.05, 0) is 40.5 Å². The standard InChI is InChI=1S/C19H44O4Si2/c1-7-14-18(20-9-3,21-10-4)24-16-13-17-25-19(15-8-2,22-11-5)23-12-6/h7-17,24-25H2,1-6H3. The minimum Gasteiger partial charge on any atom is -0.355 e. The van der Waals surface area contributed by atoms with Crippen LogP contribution in [0.5, 0.6) is 0 Å². The maximum atomic E-state index is 6.08. The molecule has 6 heteroatoms. The predicted octanol–water partition coefficient (Wildman–Crippen LogP) is 3.60. The summed E-state index contributed by atoms with van der Waals surface area (Å²) in [6.07, 6.45) is 5.59. The maximum Gasteiger partial charge on any atom is 0.144 e. The van der Waals surface area contributed by atoms with E-state index in [0.29, 0.717) is 0 Å². The van der Waals surface area contributed by atoms with Crippen molar-refractivity contribution >= 4 is 19.0 Å². The number of ether oxygens (including phenoxy) is 4. The fourth-order valence-corrected chi connectivity index (χ4v) is 9.28. The molecule has 0 bridgehead atoms. The van der Waals surface area contributed by atoms with Crippen molar-refractivity contribution in [2.75, 3.05) is 26.4 Å². The largest absolute Gasteiger partial charge is 0.355 e. The summed E-state index contributed by atoms with van der Waals surface area (Å²) in [5.74, 6) is 0. The van der Waals surface area contributed by atoms with Gasteiger partial charge in [-0.15, -0.1) is 0 Å². The molecule has 4 nitrogen and oxygen atoms in total. The Kier molecular flexibility index (Phi) is 15.5. The molecule has 0 aromatic carbocycles. The molecule has 0 aliphatic heterocycles. The van der Waals surface area contributed by atoms with Crippen LogP contribution < -0.4 is 0 Å².